The van der Waals surface area contributed by atoms with Gasteiger partial charge in [0.05, 0.1) is 0 Å². The second kappa shape index (κ2) is 11.7. The number of aliphatic imine (C=N–C) groups is 1. The van der Waals surface area contributed by atoms with Crippen molar-refractivity contribution in [3.8, 4) is 0 Å². The topological polar surface area (TPSA) is 56.7 Å². The minimum atomic E-state index is -0.217. The third-order valence-electron chi connectivity index (χ3n) is 3.87. The minimum Gasteiger partial charge on any atom is -0.357 e. The average molecular weight is 527 g/mol. The van der Waals surface area contributed by atoms with Gasteiger partial charge in [-0.3, -0.25) is 4.79 Å². The smallest absolute Gasteiger partial charge is 0.244 e. The summed E-state index contributed by atoms with van der Waals surface area (Å²) in [5.74, 6) is 0.425. The zero-order valence-electron chi connectivity index (χ0n) is 14.4. The molecule has 0 spiro atoms. The monoisotopic (exact) mass is 526 g/mol. The maximum atomic E-state index is 13.7. The van der Waals surface area contributed by atoms with Crippen LogP contribution in [0, 0.1) is 5.82 Å². The Bertz CT molecular complexity index is 594. The first-order valence-corrected chi connectivity index (χ1v) is 9.13. The molecule has 8 heteroatoms. The highest BCUT2D eigenvalue weighted by Crippen LogP contribution is 2.15. The van der Waals surface area contributed by atoms with Crippen LogP contribution < -0.4 is 10.6 Å². The van der Waals surface area contributed by atoms with Gasteiger partial charge in [0.1, 0.15) is 12.4 Å². The number of halogens is 3. The molecule has 1 aromatic rings. The second-order valence-corrected chi connectivity index (χ2v) is 6.61. The standard InChI is InChI=1S/C17H24BrFN4O.HI/c1-2-20-17(22-12-16(24)23-9-3-4-10-23)21-8-7-13-11-14(18)5-6-15(13)19;/h5-6,11H,2-4,7-10,12H2,1H3,(H2,20,21,22);1H. The molecule has 5 nitrogen and oxygen atoms in total. The Labute approximate surface area is 174 Å². The normalized spacial score (nSPS) is 14.2. The lowest BCUT2D eigenvalue weighted by atomic mass is 10.1. The van der Waals surface area contributed by atoms with Gasteiger partial charge in [0.2, 0.25) is 5.91 Å². The van der Waals surface area contributed by atoms with Gasteiger partial charge in [-0.15, -0.1) is 24.0 Å². The lowest BCUT2D eigenvalue weighted by Crippen LogP contribution is -2.39. The van der Waals surface area contributed by atoms with Crippen LogP contribution in [0.4, 0.5) is 4.39 Å². The SMILES string of the molecule is CCNC(=NCC(=O)N1CCCC1)NCCc1cc(Br)ccc1F.I. The van der Waals surface area contributed by atoms with Gasteiger partial charge in [-0.05, 0) is 49.9 Å². The van der Waals surface area contributed by atoms with Gasteiger partial charge in [0.15, 0.2) is 5.96 Å². The molecule has 1 aromatic carbocycles. The fourth-order valence-corrected chi connectivity index (χ4v) is 3.01. The van der Waals surface area contributed by atoms with Gasteiger partial charge >= 0.3 is 0 Å². The zero-order valence-corrected chi connectivity index (χ0v) is 18.3. The quantitative estimate of drug-likeness (QED) is 0.340. The summed E-state index contributed by atoms with van der Waals surface area (Å²) in [6, 6.07) is 4.91. The molecule has 2 rings (SSSR count). The summed E-state index contributed by atoms with van der Waals surface area (Å²) in [5.41, 5.74) is 0.640. The molecule has 0 radical (unpaired) electrons. The van der Waals surface area contributed by atoms with Gasteiger partial charge < -0.3 is 15.5 Å². The van der Waals surface area contributed by atoms with E-state index in [1.54, 1.807) is 12.1 Å². The highest BCUT2D eigenvalue weighted by Gasteiger charge is 2.17. The lowest BCUT2D eigenvalue weighted by molar-refractivity contribution is -0.128. The number of nitrogens with one attached hydrogen (secondary N) is 2. The number of rotatable bonds is 6. The average Bonchev–Trinajstić information content (AvgIpc) is 3.10. The maximum Gasteiger partial charge on any atom is 0.244 e. The van der Waals surface area contributed by atoms with Gasteiger partial charge in [-0.25, -0.2) is 9.38 Å². The maximum absolute atomic E-state index is 13.7. The van der Waals surface area contributed by atoms with Crippen LogP contribution in [-0.4, -0.2) is 49.5 Å². The summed E-state index contributed by atoms with van der Waals surface area (Å²) in [5, 5.41) is 6.25. The van der Waals surface area contributed by atoms with Crippen molar-refractivity contribution in [1.82, 2.24) is 15.5 Å². The summed E-state index contributed by atoms with van der Waals surface area (Å²) >= 11 is 3.35. The van der Waals surface area contributed by atoms with E-state index >= 15 is 0 Å². The summed E-state index contributed by atoms with van der Waals surface area (Å²) in [7, 11) is 0. The van der Waals surface area contributed by atoms with E-state index in [-0.39, 0.29) is 42.2 Å². The number of carbonyl (C=O) groups excluding carboxylic acids is 1. The first-order chi connectivity index (χ1) is 11.6. The van der Waals surface area contributed by atoms with E-state index in [0.29, 0.717) is 31.0 Å². The molecule has 0 atom stereocenters. The van der Waals surface area contributed by atoms with Crippen molar-refractivity contribution in [2.24, 2.45) is 4.99 Å². The number of carbonyl (C=O) groups is 1. The molecule has 140 valence electrons. The number of hydrogen-bond acceptors (Lipinski definition) is 2. The molecule has 1 heterocycles. The van der Waals surface area contributed by atoms with Gasteiger partial charge in [0.25, 0.3) is 0 Å². The molecule has 1 aliphatic rings. The van der Waals surface area contributed by atoms with E-state index in [4.69, 9.17) is 0 Å². The van der Waals surface area contributed by atoms with Crippen molar-refractivity contribution in [3.05, 3.63) is 34.1 Å². The Morgan fingerprint density at radius 2 is 2.04 bits per heavy atom. The van der Waals surface area contributed by atoms with Crippen LogP contribution in [0.25, 0.3) is 0 Å². The van der Waals surface area contributed by atoms with E-state index in [9.17, 15) is 9.18 Å². The Hall–Kier alpha value is -0.900. The first kappa shape index (κ1) is 22.1. The van der Waals surface area contributed by atoms with E-state index in [0.717, 1.165) is 30.4 Å². The minimum absolute atomic E-state index is 0. The van der Waals surface area contributed by atoms with Crippen LogP contribution in [0.15, 0.2) is 27.7 Å². The number of benzene rings is 1. The van der Waals surface area contributed by atoms with Gasteiger partial charge in [0, 0.05) is 30.7 Å². The van der Waals surface area contributed by atoms with Gasteiger partial charge in [-0.1, -0.05) is 15.9 Å². The fourth-order valence-electron chi connectivity index (χ4n) is 2.61. The van der Waals surface area contributed by atoms with Crippen molar-refractivity contribution < 1.29 is 9.18 Å². The van der Waals surface area contributed by atoms with Crippen LogP contribution in [0.2, 0.25) is 0 Å². The molecule has 1 saturated heterocycles. The number of guanidine groups is 1. The molecule has 0 bridgehead atoms. The summed E-state index contributed by atoms with van der Waals surface area (Å²) < 4.78 is 14.6. The fraction of sp³-hybridized carbons (Fsp3) is 0.529. The first-order valence-electron chi connectivity index (χ1n) is 8.34. The molecular formula is C17H25BrFIN4O. The van der Waals surface area contributed by atoms with Crippen molar-refractivity contribution in [2.75, 3.05) is 32.7 Å². The van der Waals surface area contributed by atoms with Crippen molar-refractivity contribution in [3.63, 3.8) is 0 Å². The van der Waals surface area contributed by atoms with Gasteiger partial charge in [-0.2, -0.15) is 0 Å². The predicted molar refractivity (Wildman–Crippen MR) is 113 cm³/mol. The van der Waals surface area contributed by atoms with E-state index in [1.807, 2.05) is 11.8 Å². The molecule has 1 aliphatic heterocycles. The van der Waals surface area contributed by atoms with Crippen molar-refractivity contribution in [1.29, 1.82) is 0 Å². The van der Waals surface area contributed by atoms with Crippen LogP contribution in [0.1, 0.15) is 25.3 Å². The van der Waals surface area contributed by atoms with Crippen LogP contribution >= 0.6 is 39.9 Å². The Kier molecular flexibility index (Phi) is 10.3. The highest BCUT2D eigenvalue weighted by molar-refractivity contribution is 14.0. The zero-order chi connectivity index (χ0) is 17.4. The Morgan fingerprint density at radius 3 is 2.72 bits per heavy atom. The molecule has 0 unspecified atom stereocenters. The highest BCUT2D eigenvalue weighted by atomic mass is 127. The lowest BCUT2D eigenvalue weighted by Gasteiger charge is -2.15. The molecule has 25 heavy (non-hydrogen) atoms. The number of nitrogens with zero attached hydrogens (tertiary/aromatic N) is 2. The molecule has 2 N–H and O–H groups in total. The number of likely N-dealkylation sites (tertiary alicyclic amines) is 1. The third kappa shape index (κ3) is 7.47. The second-order valence-electron chi connectivity index (χ2n) is 5.70. The summed E-state index contributed by atoms with van der Waals surface area (Å²) in [6.45, 7) is 5.01. The summed E-state index contributed by atoms with van der Waals surface area (Å²) in [6.07, 6.45) is 2.69. The van der Waals surface area contributed by atoms with Crippen molar-refractivity contribution >= 4 is 51.8 Å². The Morgan fingerprint density at radius 1 is 1.32 bits per heavy atom. The van der Waals surface area contributed by atoms with Crippen LogP contribution in [0.3, 0.4) is 0 Å². The largest absolute Gasteiger partial charge is 0.357 e. The molecule has 0 saturated carbocycles. The molecule has 0 aromatic heterocycles. The molecule has 0 aliphatic carbocycles. The predicted octanol–water partition coefficient (Wildman–Crippen LogP) is 2.93. The van der Waals surface area contributed by atoms with E-state index in [2.05, 4.69) is 31.6 Å². The summed E-state index contributed by atoms with van der Waals surface area (Å²) in [4.78, 5) is 18.2. The molecular weight excluding hydrogens is 502 g/mol. The van der Waals surface area contributed by atoms with Crippen LogP contribution in [0.5, 0.6) is 0 Å². The molecule has 1 amide bonds. The third-order valence-corrected chi connectivity index (χ3v) is 4.36. The number of hydrogen-bond donors (Lipinski definition) is 2. The van der Waals surface area contributed by atoms with E-state index < -0.39 is 0 Å². The Balaban J connectivity index is 0.00000312. The van der Waals surface area contributed by atoms with E-state index in [1.165, 1.54) is 6.07 Å². The number of amides is 1. The molecule has 1 fully saturated rings. The van der Waals surface area contributed by atoms with Crippen molar-refractivity contribution in [2.45, 2.75) is 26.2 Å². The van der Waals surface area contributed by atoms with Crippen LogP contribution in [-0.2, 0) is 11.2 Å².